The number of nitrogens with zero attached hydrogens (tertiary/aromatic N) is 1. The van der Waals surface area contributed by atoms with Gasteiger partial charge in [0.25, 0.3) is 0 Å². The van der Waals surface area contributed by atoms with Gasteiger partial charge in [0.2, 0.25) is 0 Å². The Kier molecular flexibility index (Phi) is 5.49. The van der Waals surface area contributed by atoms with Crippen molar-refractivity contribution in [2.24, 2.45) is 0 Å². The minimum Gasteiger partial charge on any atom is -0.318 e. The molecule has 0 saturated carbocycles. The molecule has 0 radical (unpaired) electrons. The second-order valence-electron chi connectivity index (χ2n) is 3.68. The minimum atomic E-state index is -0.478. The molecule has 0 aromatic heterocycles. The minimum absolute atomic E-state index is 0.00110. The zero-order valence-corrected chi connectivity index (χ0v) is 10.9. The Bertz CT molecular complexity index is 358. The first-order chi connectivity index (χ1) is 7.56. The Morgan fingerprint density at radius 2 is 2.00 bits per heavy atom. The highest BCUT2D eigenvalue weighted by Crippen LogP contribution is 2.29. The molecule has 1 rings (SSSR count). The van der Waals surface area contributed by atoms with Gasteiger partial charge >= 0.3 is 0 Å². The number of benzene rings is 1. The zero-order chi connectivity index (χ0) is 12.1. The molecule has 0 amide bonds. The van der Waals surface area contributed by atoms with E-state index >= 15 is 0 Å². The molecule has 0 spiro atoms. The summed E-state index contributed by atoms with van der Waals surface area (Å²) in [4.78, 5) is 2.09. The van der Waals surface area contributed by atoms with Crippen molar-refractivity contribution in [1.29, 1.82) is 0 Å². The summed E-state index contributed by atoms with van der Waals surface area (Å²) in [5.74, 6) is -0.478. The molecule has 16 heavy (non-hydrogen) atoms. The Morgan fingerprint density at radius 1 is 1.31 bits per heavy atom. The molecule has 0 saturated heterocycles. The van der Waals surface area contributed by atoms with Gasteiger partial charge in [-0.3, -0.25) is 0 Å². The molecule has 0 aliphatic rings. The average molecular weight is 265 g/mol. The fraction of sp³-hybridized carbons (Fsp3) is 0.455. The van der Waals surface area contributed by atoms with Crippen LogP contribution in [0.1, 0.15) is 5.56 Å². The first-order valence-electron chi connectivity index (χ1n) is 5.01. The molecule has 2 nitrogen and oxygen atoms in total. The standard InChI is InChI=1S/C11H15Cl2FN2/c1-15-5-6-16(2)7-8-3-4-9(14)11(13)10(8)12/h3-4,15H,5-7H2,1-2H3. The van der Waals surface area contributed by atoms with Crippen molar-refractivity contribution in [2.45, 2.75) is 6.54 Å². The first-order valence-corrected chi connectivity index (χ1v) is 5.77. The summed E-state index contributed by atoms with van der Waals surface area (Å²) < 4.78 is 13.1. The number of halogens is 3. The van der Waals surface area contributed by atoms with Gasteiger partial charge < -0.3 is 10.2 Å². The summed E-state index contributed by atoms with van der Waals surface area (Å²) in [6.07, 6.45) is 0. The summed E-state index contributed by atoms with van der Waals surface area (Å²) in [6.45, 7) is 2.44. The quantitative estimate of drug-likeness (QED) is 0.823. The van der Waals surface area contributed by atoms with Crippen molar-refractivity contribution >= 4 is 23.2 Å². The van der Waals surface area contributed by atoms with Gasteiger partial charge in [0.05, 0.1) is 10.0 Å². The van der Waals surface area contributed by atoms with Crippen LogP contribution >= 0.6 is 23.2 Å². The lowest BCUT2D eigenvalue weighted by atomic mass is 10.2. The number of likely N-dealkylation sites (N-methyl/N-ethyl adjacent to an activating group) is 2. The second kappa shape index (κ2) is 6.40. The summed E-state index contributed by atoms with van der Waals surface area (Å²) in [6, 6.07) is 3.01. The Balaban J connectivity index is 2.70. The van der Waals surface area contributed by atoms with Crippen LogP contribution in [0.15, 0.2) is 12.1 Å². The lowest BCUT2D eigenvalue weighted by molar-refractivity contribution is 0.328. The molecule has 0 heterocycles. The van der Waals surface area contributed by atoms with Crippen LogP contribution in [-0.4, -0.2) is 32.1 Å². The zero-order valence-electron chi connectivity index (χ0n) is 9.36. The molecule has 1 aromatic rings. The van der Waals surface area contributed by atoms with Gasteiger partial charge in [0.15, 0.2) is 0 Å². The maximum Gasteiger partial charge on any atom is 0.143 e. The van der Waals surface area contributed by atoms with Crippen molar-refractivity contribution in [3.05, 3.63) is 33.6 Å². The lowest BCUT2D eigenvalue weighted by Gasteiger charge is -2.17. The number of nitrogens with one attached hydrogen (secondary N) is 1. The van der Waals surface area contributed by atoms with Gasteiger partial charge in [-0.15, -0.1) is 0 Å². The molecule has 1 N–H and O–H groups in total. The molecular weight excluding hydrogens is 250 g/mol. The van der Waals surface area contributed by atoms with Gasteiger partial charge in [-0.25, -0.2) is 4.39 Å². The molecule has 0 fully saturated rings. The monoisotopic (exact) mass is 264 g/mol. The predicted octanol–water partition coefficient (Wildman–Crippen LogP) is 2.78. The fourth-order valence-corrected chi connectivity index (χ4v) is 1.76. The Labute approximate surface area is 105 Å². The summed E-state index contributed by atoms with van der Waals surface area (Å²) in [5, 5.41) is 3.36. The van der Waals surface area contributed by atoms with Gasteiger partial charge in [-0.1, -0.05) is 29.3 Å². The van der Waals surface area contributed by atoms with E-state index in [1.807, 2.05) is 14.1 Å². The van der Waals surface area contributed by atoms with Crippen LogP contribution in [0, 0.1) is 5.82 Å². The summed E-state index contributed by atoms with van der Waals surface area (Å²) in [5.41, 5.74) is 0.840. The molecule has 0 aliphatic heterocycles. The van der Waals surface area contributed by atoms with Crippen LogP contribution in [0.4, 0.5) is 4.39 Å². The van der Waals surface area contributed by atoms with E-state index in [9.17, 15) is 4.39 Å². The maximum atomic E-state index is 13.1. The molecule has 0 aliphatic carbocycles. The maximum absolute atomic E-state index is 13.1. The molecule has 0 unspecified atom stereocenters. The van der Waals surface area contributed by atoms with Crippen LogP contribution < -0.4 is 5.32 Å². The number of hydrogen-bond acceptors (Lipinski definition) is 2. The smallest absolute Gasteiger partial charge is 0.143 e. The summed E-state index contributed by atoms with van der Waals surface area (Å²) in [7, 11) is 3.88. The van der Waals surface area contributed by atoms with E-state index in [1.165, 1.54) is 6.07 Å². The normalized spacial score (nSPS) is 11.1. The highest BCUT2D eigenvalue weighted by atomic mass is 35.5. The van der Waals surface area contributed by atoms with E-state index in [0.29, 0.717) is 11.6 Å². The molecule has 1 aromatic carbocycles. The average Bonchev–Trinajstić information content (AvgIpc) is 2.27. The number of hydrogen-bond donors (Lipinski definition) is 1. The Morgan fingerprint density at radius 3 is 2.62 bits per heavy atom. The fourth-order valence-electron chi connectivity index (χ4n) is 1.36. The van der Waals surface area contributed by atoms with E-state index in [2.05, 4.69) is 10.2 Å². The second-order valence-corrected chi connectivity index (χ2v) is 4.43. The van der Waals surface area contributed by atoms with Crippen molar-refractivity contribution in [2.75, 3.05) is 27.2 Å². The van der Waals surface area contributed by atoms with Gasteiger partial charge in [-0.05, 0) is 25.7 Å². The van der Waals surface area contributed by atoms with E-state index in [-0.39, 0.29) is 5.02 Å². The summed E-state index contributed by atoms with van der Waals surface area (Å²) >= 11 is 11.7. The van der Waals surface area contributed by atoms with Crippen molar-refractivity contribution in [3.8, 4) is 0 Å². The molecule has 0 bridgehead atoms. The van der Waals surface area contributed by atoms with Crippen LogP contribution in [0.25, 0.3) is 0 Å². The van der Waals surface area contributed by atoms with E-state index in [4.69, 9.17) is 23.2 Å². The SMILES string of the molecule is CNCCN(C)Cc1ccc(F)c(Cl)c1Cl. The third-order valence-corrected chi connectivity index (χ3v) is 3.20. The van der Waals surface area contributed by atoms with Gasteiger partial charge in [-0.2, -0.15) is 0 Å². The van der Waals surface area contributed by atoms with Crippen LogP contribution in [-0.2, 0) is 6.54 Å². The molecular formula is C11H15Cl2FN2. The first kappa shape index (κ1) is 13.7. The largest absolute Gasteiger partial charge is 0.318 e. The van der Waals surface area contributed by atoms with Gasteiger partial charge in [0.1, 0.15) is 5.82 Å². The van der Waals surface area contributed by atoms with E-state index < -0.39 is 5.82 Å². The Hall–Kier alpha value is -0.350. The number of rotatable bonds is 5. The molecule has 90 valence electrons. The molecule has 0 atom stereocenters. The third-order valence-electron chi connectivity index (χ3n) is 2.30. The van der Waals surface area contributed by atoms with Crippen LogP contribution in [0.2, 0.25) is 10.0 Å². The highest BCUT2D eigenvalue weighted by molar-refractivity contribution is 6.42. The van der Waals surface area contributed by atoms with Crippen molar-refractivity contribution in [3.63, 3.8) is 0 Å². The highest BCUT2D eigenvalue weighted by Gasteiger charge is 2.11. The van der Waals surface area contributed by atoms with Crippen LogP contribution in [0.5, 0.6) is 0 Å². The van der Waals surface area contributed by atoms with Crippen molar-refractivity contribution < 1.29 is 4.39 Å². The topological polar surface area (TPSA) is 15.3 Å². The van der Waals surface area contributed by atoms with E-state index in [0.717, 1.165) is 18.7 Å². The predicted molar refractivity (Wildman–Crippen MR) is 66.7 cm³/mol. The van der Waals surface area contributed by atoms with Crippen LogP contribution in [0.3, 0.4) is 0 Å². The van der Waals surface area contributed by atoms with Crippen molar-refractivity contribution in [1.82, 2.24) is 10.2 Å². The van der Waals surface area contributed by atoms with Gasteiger partial charge in [0, 0.05) is 19.6 Å². The van der Waals surface area contributed by atoms with E-state index in [1.54, 1.807) is 6.07 Å². The molecule has 5 heteroatoms. The lowest BCUT2D eigenvalue weighted by Crippen LogP contribution is -2.27. The third kappa shape index (κ3) is 3.59.